The Balaban J connectivity index is 0.000000315. The highest BCUT2D eigenvalue weighted by Crippen LogP contribution is 2.18. The molecular weight excluding hydrogens is 278 g/mol. The van der Waals surface area contributed by atoms with Gasteiger partial charge in [-0.1, -0.05) is 4.98 Å². The lowest BCUT2D eigenvalue weighted by Gasteiger charge is -2.26. The molecule has 0 saturated carbocycles. The highest BCUT2D eigenvalue weighted by atomic mass is 16.5. The molecule has 1 aromatic rings. The van der Waals surface area contributed by atoms with E-state index in [9.17, 15) is 10.0 Å². The number of nitrogens with two attached hydrogens (primary N) is 2. The largest absolute Gasteiger partial charge is 0.754 e. The summed E-state index contributed by atoms with van der Waals surface area (Å²) in [5.41, 5.74) is 11.0. The molecule has 0 amide bonds. The summed E-state index contributed by atoms with van der Waals surface area (Å²) in [6, 6.07) is 1.58. The van der Waals surface area contributed by atoms with Crippen molar-refractivity contribution < 1.29 is 19.7 Å². The molecule has 1 aliphatic heterocycles. The highest BCUT2D eigenvalue weighted by Gasteiger charge is 2.16. The molecule has 1 aliphatic rings. The summed E-state index contributed by atoms with van der Waals surface area (Å²) in [5, 5.41) is 27.0. The van der Waals surface area contributed by atoms with Gasteiger partial charge in [-0.3, -0.25) is 0 Å². The molecule has 1 atom stereocenters. The van der Waals surface area contributed by atoms with Gasteiger partial charge in [0.25, 0.3) is 0 Å². The molecule has 1 aromatic heterocycles. The van der Waals surface area contributed by atoms with Crippen molar-refractivity contribution >= 4 is 23.6 Å². The van der Waals surface area contributed by atoms with Gasteiger partial charge < -0.3 is 31.8 Å². The number of aliphatic carboxylic acids is 1. The van der Waals surface area contributed by atoms with Crippen molar-refractivity contribution in [3.8, 4) is 0 Å². The van der Waals surface area contributed by atoms with Gasteiger partial charge in [0.15, 0.2) is 11.6 Å². The van der Waals surface area contributed by atoms with E-state index < -0.39 is 12.1 Å². The van der Waals surface area contributed by atoms with Crippen LogP contribution < -0.4 is 21.1 Å². The Kier molecular flexibility index (Phi) is 5.97. The molecular formula is C12H21N5O4. The van der Waals surface area contributed by atoms with Crippen molar-refractivity contribution in [3.63, 3.8) is 0 Å². The van der Waals surface area contributed by atoms with Crippen LogP contribution in [0.2, 0.25) is 0 Å². The zero-order valence-electron chi connectivity index (χ0n) is 11.9. The summed E-state index contributed by atoms with van der Waals surface area (Å²) >= 11 is 0. The van der Waals surface area contributed by atoms with Crippen LogP contribution in [-0.4, -0.2) is 40.4 Å². The zero-order chi connectivity index (χ0) is 16.0. The van der Waals surface area contributed by atoms with E-state index in [4.69, 9.17) is 21.7 Å². The quantitative estimate of drug-likeness (QED) is 0.414. The van der Waals surface area contributed by atoms with Crippen molar-refractivity contribution in [1.82, 2.24) is 4.98 Å². The summed E-state index contributed by atoms with van der Waals surface area (Å²) in [6.07, 6.45) is 2.31. The Morgan fingerprint density at radius 3 is 2.38 bits per heavy atom. The first-order valence-corrected chi connectivity index (χ1v) is 6.64. The van der Waals surface area contributed by atoms with Crippen LogP contribution in [0, 0.1) is 5.21 Å². The second-order valence-corrected chi connectivity index (χ2v) is 4.75. The Hall–Kier alpha value is -2.29. The molecule has 21 heavy (non-hydrogen) atoms. The first kappa shape index (κ1) is 16.8. The Bertz CT molecular complexity index is 466. The number of nitrogens with zero attached hydrogens (tertiary/aromatic N) is 3. The highest BCUT2D eigenvalue weighted by molar-refractivity contribution is 5.71. The Morgan fingerprint density at radius 1 is 1.43 bits per heavy atom. The van der Waals surface area contributed by atoms with Crippen LogP contribution in [0.3, 0.4) is 0 Å². The average Bonchev–Trinajstić information content (AvgIpc) is 2.45. The van der Waals surface area contributed by atoms with Gasteiger partial charge >= 0.3 is 11.9 Å². The molecule has 0 aliphatic carbocycles. The fourth-order valence-corrected chi connectivity index (χ4v) is 1.80. The first-order valence-electron chi connectivity index (χ1n) is 6.64. The lowest BCUT2D eigenvalue weighted by molar-refractivity contribution is -0.576. The van der Waals surface area contributed by atoms with E-state index >= 15 is 0 Å². The van der Waals surface area contributed by atoms with Crippen molar-refractivity contribution in [2.24, 2.45) is 0 Å². The van der Waals surface area contributed by atoms with E-state index in [1.807, 2.05) is 0 Å². The number of piperidine rings is 1. The van der Waals surface area contributed by atoms with Crippen molar-refractivity contribution in [3.05, 3.63) is 11.3 Å². The normalized spacial score (nSPS) is 15.8. The summed E-state index contributed by atoms with van der Waals surface area (Å²) < 4.78 is 0.438. The third-order valence-corrected chi connectivity index (χ3v) is 2.99. The monoisotopic (exact) mass is 299 g/mol. The molecule has 0 aromatic carbocycles. The van der Waals surface area contributed by atoms with E-state index in [1.54, 1.807) is 6.07 Å². The maximum atomic E-state index is 11.2. The van der Waals surface area contributed by atoms with Crippen LogP contribution in [0.15, 0.2) is 6.07 Å². The molecule has 118 valence electrons. The smallest absolute Gasteiger partial charge is 0.346 e. The topological polar surface area (TPSA) is 153 Å². The summed E-state index contributed by atoms with van der Waals surface area (Å²) in [6.45, 7) is 3.10. The molecule has 1 unspecified atom stereocenters. The van der Waals surface area contributed by atoms with Gasteiger partial charge in [-0.05, 0) is 26.2 Å². The molecule has 9 heteroatoms. The molecule has 0 radical (unpaired) electrons. The molecule has 0 spiro atoms. The second kappa shape index (κ2) is 7.48. The van der Waals surface area contributed by atoms with Gasteiger partial charge in [0.05, 0.1) is 6.07 Å². The molecule has 6 N–H and O–H groups in total. The van der Waals surface area contributed by atoms with Gasteiger partial charge in [-0.2, -0.15) is 0 Å². The number of rotatable bonds is 2. The third kappa shape index (κ3) is 4.95. The summed E-state index contributed by atoms with van der Waals surface area (Å²) in [5.74, 6) is -0.467. The molecule has 0 bridgehead atoms. The third-order valence-electron chi connectivity index (χ3n) is 2.99. The van der Waals surface area contributed by atoms with E-state index in [1.165, 1.54) is 13.3 Å². The minimum atomic E-state index is -1.23. The number of carboxylic acids is 1. The Morgan fingerprint density at radius 2 is 1.95 bits per heavy atom. The second-order valence-electron chi connectivity index (χ2n) is 4.75. The van der Waals surface area contributed by atoms with Crippen molar-refractivity contribution in [2.75, 3.05) is 29.5 Å². The van der Waals surface area contributed by atoms with Crippen molar-refractivity contribution in [1.29, 1.82) is 0 Å². The maximum Gasteiger partial charge on any atom is 0.346 e. The lowest BCUT2D eigenvalue weighted by Crippen LogP contribution is -2.38. The fraction of sp³-hybridized carbons (Fsp3) is 0.583. The number of carbonyl (C=O) groups is 1. The maximum absolute atomic E-state index is 11.2. The van der Waals surface area contributed by atoms with E-state index in [0.717, 1.165) is 25.9 Å². The van der Waals surface area contributed by atoms with E-state index in [2.05, 4.69) is 9.88 Å². The van der Waals surface area contributed by atoms with Gasteiger partial charge in [0.1, 0.15) is 6.10 Å². The number of hydrogen-bond acceptors (Lipinski definition) is 7. The van der Waals surface area contributed by atoms with Gasteiger partial charge in [-0.15, -0.1) is 0 Å². The summed E-state index contributed by atoms with van der Waals surface area (Å²) in [7, 11) is 0. The van der Waals surface area contributed by atoms with Crippen LogP contribution in [-0.2, 0) is 4.79 Å². The zero-order valence-corrected chi connectivity index (χ0v) is 11.9. The van der Waals surface area contributed by atoms with Gasteiger partial charge in [0.2, 0.25) is 0 Å². The number of anilines is 3. The van der Waals surface area contributed by atoms with Gasteiger partial charge in [-0.25, -0.2) is 9.52 Å². The SMILES string of the molecule is CC(O)C(=O)O.Nc1cc(N2CCCCC2)nc(N)[n+]1[O-]. The number of aliphatic hydroxyl groups excluding tert-OH is 1. The van der Waals surface area contributed by atoms with E-state index in [0.29, 0.717) is 10.5 Å². The van der Waals surface area contributed by atoms with Crippen LogP contribution in [0.5, 0.6) is 0 Å². The number of aromatic nitrogens is 2. The first-order chi connectivity index (χ1) is 9.82. The fourth-order valence-electron chi connectivity index (χ4n) is 1.80. The molecule has 2 heterocycles. The average molecular weight is 299 g/mol. The van der Waals surface area contributed by atoms with Crippen LogP contribution in [0.25, 0.3) is 0 Å². The van der Waals surface area contributed by atoms with Crippen LogP contribution >= 0.6 is 0 Å². The van der Waals surface area contributed by atoms with Crippen LogP contribution in [0.1, 0.15) is 26.2 Å². The summed E-state index contributed by atoms with van der Waals surface area (Å²) in [4.78, 5) is 15.6. The molecule has 9 nitrogen and oxygen atoms in total. The molecule has 2 rings (SSSR count). The minimum absolute atomic E-state index is 0.0874. The van der Waals surface area contributed by atoms with Crippen LogP contribution in [0.4, 0.5) is 17.6 Å². The molecule has 1 fully saturated rings. The van der Waals surface area contributed by atoms with E-state index in [-0.39, 0.29) is 11.8 Å². The van der Waals surface area contributed by atoms with Crippen molar-refractivity contribution in [2.45, 2.75) is 32.3 Å². The number of nitrogen functional groups attached to an aromatic ring is 2. The minimum Gasteiger partial charge on any atom is -0.754 e. The predicted octanol–water partition coefficient (Wildman–Crippen LogP) is -0.678. The lowest BCUT2D eigenvalue weighted by atomic mass is 10.1. The number of aliphatic hydroxyl groups is 1. The number of carboxylic acid groups (broad SMARTS) is 1. The standard InChI is InChI=1S/C9H15N5O.C3H6O3/c10-7-6-8(12-9(11)14(7)15)13-4-2-1-3-5-13;1-2(4)3(5)6/h6H,1-5,10H2,(H2,11,12);2,4H,1H3,(H,5,6). The number of hydrogen-bond donors (Lipinski definition) is 4. The predicted molar refractivity (Wildman–Crippen MR) is 77.4 cm³/mol. The molecule has 1 saturated heterocycles. The van der Waals surface area contributed by atoms with Gasteiger partial charge in [0, 0.05) is 13.1 Å². The Labute approximate surface area is 122 Å².